The van der Waals surface area contributed by atoms with Crippen molar-refractivity contribution in [3.8, 4) is 5.69 Å². The summed E-state index contributed by atoms with van der Waals surface area (Å²) in [6.45, 7) is 0. The van der Waals surface area contributed by atoms with Crippen LogP contribution in [0, 0.1) is 10.1 Å². The summed E-state index contributed by atoms with van der Waals surface area (Å²) >= 11 is 14.5. The van der Waals surface area contributed by atoms with Crippen LogP contribution in [0.3, 0.4) is 0 Å². The number of aryl methyl sites for hydroxylation is 2. The van der Waals surface area contributed by atoms with Crippen LogP contribution >= 0.6 is 46.3 Å². The van der Waals surface area contributed by atoms with E-state index in [2.05, 4.69) is 10.5 Å². The van der Waals surface area contributed by atoms with Gasteiger partial charge in [0.05, 0.1) is 28.0 Å². The first-order valence-electron chi connectivity index (χ1n) is 11.5. The van der Waals surface area contributed by atoms with Gasteiger partial charge in [-0.05, 0) is 61.6 Å². The highest BCUT2D eigenvalue weighted by atomic mass is 35.5. The zero-order valence-corrected chi connectivity index (χ0v) is 22.8. The molecule has 4 aromatic rings. The van der Waals surface area contributed by atoms with Crippen LogP contribution in [-0.4, -0.2) is 32.3 Å². The lowest BCUT2D eigenvalue weighted by molar-refractivity contribution is -0.384. The van der Waals surface area contributed by atoms with E-state index >= 15 is 0 Å². The lowest BCUT2D eigenvalue weighted by atomic mass is 9.97. The van der Waals surface area contributed by atoms with Crippen LogP contribution in [0.25, 0.3) is 15.9 Å². The molecule has 13 heteroatoms. The summed E-state index contributed by atoms with van der Waals surface area (Å²) in [5.41, 5.74) is 4.07. The van der Waals surface area contributed by atoms with Crippen LogP contribution in [0.1, 0.15) is 28.8 Å². The number of carbonyl (C=O) groups excluding carboxylic acids is 1. The Balaban J connectivity index is 1.39. The van der Waals surface area contributed by atoms with E-state index in [-0.39, 0.29) is 22.0 Å². The zero-order chi connectivity index (χ0) is 26.8. The number of nitro benzene ring substituents is 1. The zero-order valence-electron chi connectivity index (χ0n) is 19.6. The molecule has 5 rings (SSSR count). The Labute approximate surface area is 234 Å². The second kappa shape index (κ2) is 11.2. The van der Waals surface area contributed by atoms with E-state index in [1.54, 1.807) is 41.7 Å². The summed E-state index contributed by atoms with van der Waals surface area (Å²) in [6.07, 6.45) is 5.22. The second-order valence-electron chi connectivity index (χ2n) is 8.45. The van der Waals surface area contributed by atoms with Crippen molar-refractivity contribution in [2.45, 2.75) is 30.8 Å². The normalized spacial score (nSPS) is 13.1. The molecule has 0 bridgehead atoms. The Morgan fingerprint density at radius 3 is 2.74 bits per heavy atom. The Morgan fingerprint density at radius 2 is 1.97 bits per heavy atom. The predicted molar refractivity (Wildman–Crippen MR) is 151 cm³/mol. The summed E-state index contributed by atoms with van der Waals surface area (Å²) in [5, 5.41) is 16.5. The summed E-state index contributed by atoms with van der Waals surface area (Å²) in [6, 6.07) is 11.1. The number of nitrogens with one attached hydrogen (secondary N) is 1. The molecule has 38 heavy (non-hydrogen) atoms. The maximum Gasteiger partial charge on any atom is 0.288 e. The molecule has 0 saturated heterocycles. The topological polar surface area (TPSA) is 119 Å². The molecular weight excluding hydrogens is 569 g/mol. The lowest BCUT2D eigenvalue weighted by Gasteiger charge is -2.13. The number of aromatic nitrogens is 2. The lowest BCUT2D eigenvalue weighted by Crippen LogP contribution is -2.24. The number of halogens is 2. The van der Waals surface area contributed by atoms with Gasteiger partial charge in [-0.1, -0.05) is 41.0 Å². The number of thiophene rings is 1. The quantitative estimate of drug-likeness (QED) is 0.0961. The van der Waals surface area contributed by atoms with Crippen molar-refractivity contribution in [3.63, 3.8) is 0 Å². The number of fused-ring (bicyclic) bond motifs is 3. The van der Waals surface area contributed by atoms with Crippen molar-refractivity contribution >= 4 is 74.3 Å². The molecule has 1 N–H and O–H groups in total. The van der Waals surface area contributed by atoms with Crippen LogP contribution in [0.5, 0.6) is 0 Å². The Hall–Kier alpha value is -3.25. The molecule has 0 spiro atoms. The molecule has 1 amide bonds. The number of nitro groups is 1. The number of hydrogen-bond acceptors (Lipinski definition) is 8. The smallest absolute Gasteiger partial charge is 0.272 e. The van der Waals surface area contributed by atoms with E-state index in [1.807, 2.05) is 0 Å². The van der Waals surface area contributed by atoms with Gasteiger partial charge >= 0.3 is 0 Å². The maximum absolute atomic E-state index is 13.7. The van der Waals surface area contributed by atoms with Gasteiger partial charge < -0.3 is 0 Å². The van der Waals surface area contributed by atoms with Gasteiger partial charge in [0.25, 0.3) is 17.2 Å². The van der Waals surface area contributed by atoms with Crippen LogP contribution in [0.4, 0.5) is 5.69 Å². The monoisotopic (exact) mass is 587 g/mol. The molecular formula is C25H19Cl2N5O4S2. The summed E-state index contributed by atoms with van der Waals surface area (Å²) < 4.78 is 1.52. The van der Waals surface area contributed by atoms with Crippen molar-refractivity contribution in [1.82, 2.24) is 15.0 Å². The second-order valence-corrected chi connectivity index (χ2v) is 11.3. The number of hydrazone groups is 1. The van der Waals surface area contributed by atoms with Gasteiger partial charge in [0.2, 0.25) is 0 Å². The highest BCUT2D eigenvalue weighted by Gasteiger charge is 2.23. The summed E-state index contributed by atoms with van der Waals surface area (Å²) in [4.78, 5) is 43.4. The van der Waals surface area contributed by atoms with Gasteiger partial charge in [-0.25, -0.2) is 10.4 Å². The third-order valence-electron chi connectivity index (χ3n) is 5.95. The minimum absolute atomic E-state index is 0.00961. The fraction of sp³-hybridized carbons (Fsp3) is 0.200. The van der Waals surface area contributed by atoms with E-state index in [0.29, 0.717) is 31.6 Å². The van der Waals surface area contributed by atoms with Crippen LogP contribution in [-0.2, 0) is 17.6 Å². The van der Waals surface area contributed by atoms with Gasteiger partial charge in [0.1, 0.15) is 9.85 Å². The third kappa shape index (κ3) is 5.46. The average Bonchev–Trinajstić information content (AvgIpc) is 3.28. The molecule has 0 saturated carbocycles. The number of rotatable bonds is 7. The maximum atomic E-state index is 13.7. The fourth-order valence-corrected chi connectivity index (χ4v) is 6.61. The van der Waals surface area contributed by atoms with E-state index < -0.39 is 10.8 Å². The minimum Gasteiger partial charge on any atom is -0.272 e. The number of benzene rings is 2. The number of carbonyl (C=O) groups is 1. The highest BCUT2D eigenvalue weighted by molar-refractivity contribution is 7.99. The van der Waals surface area contributed by atoms with E-state index in [4.69, 9.17) is 28.2 Å². The highest BCUT2D eigenvalue weighted by Crippen LogP contribution is 2.35. The largest absolute Gasteiger partial charge is 0.288 e. The first kappa shape index (κ1) is 26.4. The molecule has 2 heterocycles. The fourth-order valence-electron chi connectivity index (χ4n) is 4.19. The molecule has 0 unspecified atom stereocenters. The molecule has 2 aromatic heterocycles. The van der Waals surface area contributed by atoms with Crippen molar-refractivity contribution in [2.24, 2.45) is 5.10 Å². The van der Waals surface area contributed by atoms with Crippen molar-refractivity contribution in [2.75, 3.05) is 5.75 Å². The average molecular weight is 588 g/mol. The van der Waals surface area contributed by atoms with E-state index in [0.717, 1.165) is 43.0 Å². The summed E-state index contributed by atoms with van der Waals surface area (Å²) in [5.74, 6) is -0.494. The molecule has 1 aliphatic rings. The SMILES string of the molecule is O=C(CSc1nc2sc3c(c2c(=O)n1-c1ccc(Cl)cc1)CCCC3)NN=Cc1ccc(Cl)c([N+](=O)[O-])c1. The molecule has 9 nitrogen and oxygen atoms in total. The van der Waals surface area contributed by atoms with Gasteiger partial charge in [0.15, 0.2) is 5.16 Å². The van der Waals surface area contributed by atoms with Gasteiger partial charge in [-0.15, -0.1) is 11.3 Å². The number of nitrogens with zero attached hydrogens (tertiary/aromatic N) is 4. The molecule has 0 fully saturated rings. The van der Waals surface area contributed by atoms with E-state index in [9.17, 15) is 19.7 Å². The standard InChI is InChI=1S/C25H19Cl2N5O4S2/c26-15-6-8-16(9-7-15)31-24(34)22-17-3-1-2-4-20(17)38-23(22)29-25(31)37-13-21(33)30-28-12-14-5-10-18(27)19(11-14)32(35)36/h5-12H,1-4,13H2,(H,30,33). The van der Waals surface area contributed by atoms with Gasteiger partial charge in [-0.2, -0.15) is 5.10 Å². The number of amides is 1. The first-order chi connectivity index (χ1) is 18.3. The Bertz CT molecular complexity index is 1650. The third-order valence-corrected chi connectivity index (χ3v) is 8.64. The van der Waals surface area contributed by atoms with Gasteiger partial charge in [-0.3, -0.25) is 24.3 Å². The van der Waals surface area contributed by atoms with Crippen molar-refractivity contribution < 1.29 is 9.72 Å². The van der Waals surface area contributed by atoms with Gasteiger partial charge in [0, 0.05) is 21.5 Å². The molecule has 0 aliphatic heterocycles. The Kier molecular flexibility index (Phi) is 7.80. The van der Waals surface area contributed by atoms with Crippen LogP contribution < -0.4 is 11.0 Å². The van der Waals surface area contributed by atoms with E-state index in [1.165, 1.54) is 27.8 Å². The molecule has 0 atom stereocenters. The minimum atomic E-state index is -0.594. The first-order valence-corrected chi connectivity index (χ1v) is 14.1. The predicted octanol–water partition coefficient (Wildman–Crippen LogP) is 5.78. The Morgan fingerprint density at radius 1 is 1.21 bits per heavy atom. The summed E-state index contributed by atoms with van der Waals surface area (Å²) in [7, 11) is 0. The molecule has 1 aliphatic carbocycles. The van der Waals surface area contributed by atoms with Crippen molar-refractivity contribution in [1.29, 1.82) is 0 Å². The van der Waals surface area contributed by atoms with Crippen molar-refractivity contribution in [3.05, 3.63) is 89.0 Å². The molecule has 194 valence electrons. The van der Waals surface area contributed by atoms with Crippen LogP contribution in [0.2, 0.25) is 10.0 Å². The molecule has 0 radical (unpaired) electrons. The number of thioether (sulfide) groups is 1. The number of hydrogen-bond donors (Lipinski definition) is 1. The van der Waals surface area contributed by atoms with Crippen LogP contribution in [0.15, 0.2) is 57.5 Å². The molecule has 2 aromatic carbocycles.